The van der Waals surface area contributed by atoms with Gasteiger partial charge in [-0.05, 0) is 39.5 Å². The quantitative estimate of drug-likeness (QED) is 0.651. The average molecular weight is 248 g/mol. The van der Waals surface area contributed by atoms with Gasteiger partial charge in [0, 0.05) is 9.86 Å². The van der Waals surface area contributed by atoms with Crippen molar-refractivity contribution in [2.24, 2.45) is 5.73 Å². The molecule has 0 radical (unpaired) electrons. The van der Waals surface area contributed by atoms with E-state index in [1.54, 1.807) is 0 Å². The maximum absolute atomic E-state index is 6.19. The van der Waals surface area contributed by atoms with Gasteiger partial charge in [-0.1, -0.05) is 35.2 Å². The van der Waals surface area contributed by atoms with E-state index in [0.717, 1.165) is 0 Å². The SMILES string of the molecule is CC1(N)CCCCC(C)(Br)CCC1. The van der Waals surface area contributed by atoms with E-state index in [9.17, 15) is 0 Å². The van der Waals surface area contributed by atoms with E-state index in [1.807, 2.05) is 0 Å². The third kappa shape index (κ3) is 4.46. The van der Waals surface area contributed by atoms with Crippen LogP contribution in [0.5, 0.6) is 0 Å². The molecule has 0 aromatic heterocycles. The van der Waals surface area contributed by atoms with Crippen molar-refractivity contribution in [3.8, 4) is 0 Å². The minimum Gasteiger partial charge on any atom is -0.325 e. The van der Waals surface area contributed by atoms with Crippen LogP contribution in [0.15, 0.2) is 0 Å². The van der Waals surface area contributed by atoms with E-state index in [1.165, 1.54) is 44.9 Å². The predicted octanol–water partition coefficient (Wildman–Crippen LogP) is 3.60. The van der Waals surface area contributed by atoms with E-state index in [2.05, 4.69) is 29.8 Å². The van der Waals surface area contributed by atoms with Crippen LogP contribution in [0.2, 0.25) is 0 Å². The molecule has 0 aromatic carbocycles. The topological polar surface area (TPSA) is 26.0 Å². The molecule has 2 heteroatoms. The molecule has 0 saturated heterocycles. The highest BCUT2D eigenvalue weighted by Crippen LogP contribution is 2.34. The zero-order chi connectivity index (χ0) is 9.95. The lowest BCUT2D eigenvalue weighted by Crippen LogP contribution is -2.35. The van der Waals surface area contributed by atoms with Crippen molar-refractivity contribution < 1.29 is 0 Å². The van der Waals surface area contributed by atoms with Crippen molar-refractivity contribution in [1.82, 2.24) is 0 Å². The summed E-state index contributed by atoms with van der Waals surface area (Å²) in [7, 11) is 0. The summed E-state index contributed by atoms with van der Waals surface area (Å²) in [6, 6.07) is 0. The number of rotatable bonds is 0. The molecule has 0 bridgehead atoms. The number of halogens is 1. The van der Waals surface area contributed by atoms with Crippen LogP contribution in [0.1, 0.15) is 58.8 Å². The molecule has 2 unspecified atom stereocenters. The molecule has 1 nitrogen and oxygen atoms in total. The van der Waals surface area contributed by atoms with Crippen LogP contribution in [0, 0.1) is 0 Å². The Morgan fingerprint density at radius 1 is 0.923 bits per heavy atom. The molecule has 0 amide bonds. The van der Waals surface area contributed by atoms with Gasteiger partial charge in [-0.25, -0.2) is 0 Å². The van der Waals surface area contributed by atoms with Crippen molar-refractivity contribution in [2.45, 2.75) is 68.7 Å². The highest BCUT2D eigenvalue weighted by atomic mass is 79.9. The Morgan fingerprint density at radius 2 is 1.38 bits per heavy atom. The van der Waals surface area contributed by atoms with Crippen LogP contribution < -0.4 is 5.73 Å². The summed E-state index contributed by atoms with van der Waals surface area (Å²) in [5, 5.41) is 0. The standard InChI is InChI=1S/C11H22BrN/c1-10(12)6-3-4-8-11(2,13)9-5-7-10/h3-9,13H2,1-2H3. The van der Waals surface area contributed by atoms with Gasteiger partial charge in [0.1, 0.15) is 0 Å². The van der Waals surface area contributed by atoms with E-state index < -0.39 is 0 Å². The molecule has 13 heavy (non-hydrogen) atoms. The van der Waals surface area contributed by atoms with Crippen LogP contribution >= 0.6 is 15.9 Å². The summed E-state index contributed by atoms with van der Waals surface area (Å²) in [4.78, 5) is 0. The van der Waals surface area contributed by atoms with Gasteiger partial charge in [-0.3, -0.25) is 0 Å². The number of nitrogens with two attached hydrogens (primary N) is 1. The summed E-state index contributed by atoms with van der Waals surface area (Å²) in [5.74, 6) is 0. The monoisotopic (exact) mass is 247 g/mol. The minimum absolute atomic E-state index is 0.0907. The first-order chi connectivity index (χ1) is 5.91. The van der Waals surface area contributed by atoms with Gasteiger partial charge in [0.2, 0.25) is 0 Å². The molecule has 78 valence electrons. The first-order valence-electron chi connectivity index (χ1n) is 5.39. The first-order valence-corrected chi connectivity index (χ1v) is 6.18. The van der Waals surface area contributed by atoms with Crippen molar-refractivity contribution in [2.75, 3.05) is 0 Å². The highest BCUT2D eigenvalue weighted by Gasteiger charge is 2.25. The van der Waals surface area contributed by atoms with Crippen molar-refractivity contribution in [3.05, 3.63) is 0 Å². The fourth-order valence-electron chi connectivity index (χ4n) is 2.13. The Morgan fingerprint density at radius 3 is 2.08 bits per heavy atom. The van der Waals surface area contributed by atoms with Crippen LogP contribution in [-0.4, -0.2) is 9.86 Å². The van der Waals surface area contributed by atoms with Gasteiger partial charge in [0.05, 0.1) is 0 Å². The molecule has 0 heterocycles. The second-order valence-electron chi connectivity index (χ2n) is 5.13. The summed E-state index contributed by atoms with van der Waals surface area (Å²) in [5.41, 5.74) is 6.28. The Labute approximate surface area is 90.6 Å². The lowest BCUT2D eigenvalue weighted by atomic mass is 9.91. The molecule has 0 aromatic rings. The molecule has 1 aliphatic carbocycles. The Hall–Kier alpha value is 0.440. The molecular weight excluding hydrogens is 226 g/mol. The second-order valence-corrected chi connectivity index (χ2v) is 7.04. The molecule has 1 saturated carbocycles. The van der Waals surface area contributed by atoms with Crippen molar-refractivity contribution in [1.29, 1.82) is 0 Å². The lowest BCUT2D eigenvalue weighted by Gasteiger charge is -2.24. The Balaban J connectivity index is 2.48. The zero-order valence-corrected chi connectivity index (χ0v) is 10.5. The molecule has 0 spiro atoms. The van der Waals surface area contributed by atoms with Gasteiger partial charge in [0.25, 0.3) is 0 Å². The minimum atomic E-state index is 0.0907. The molecule has 1 aliphatic rings. The Kier molecular flexibility index (Phi) is 3.82. The lowest BCUT2D eigenvalue weighted by molar-refractivity contribution is 0.381. The first kappa shape index (κ1) is 11.5. The zero-order valence-electron chi connectivity index (χ0n) is 8.91. The largest absolute Gasteiger partial charge is 0.325 e. The van der Waals surface area contributed by atoms with Crippen molar-refractivity contribution in [3.63, 3.8) is 0 Å². The van der Waals surface area contributed by atoms with Gasteiger partial charge in [-0.15, -0.1) is 0 Å². The van der Waals surface area contributed by atoms with Crippen LogP contribution in [0.3, 0.4) is 0 Å². The third-order valence-corrected chi connectivity index (χ3v) is 3.93. The average Bonchev–Trinajstić information content (AvgIpc) is 2.01. The molecule has 0 aliphatic heterocycles. The van der Waals surface area contributed by atoms with Crippen LogP contribution in [0.25, 0.3) is 0 Å². The maximum atomic E-state index is 6.19. The summed E-state index contributed by atoms with van der Waals surface area (Å²) < 4.78 is 0.368. The van der Waals surface area contributed by atoms with E-state index in [4.69, 9.17) is 5.73 Å². The Bertz CT molecular complexity index is 145. The van der Waals surface area contributed by atoms with E-state index in [0.29, 0.717) is 4.32 Å². The van der Waals surface area contributed by atoms with Crippen molar-refractivity contribution >= 4 is 15.9 Å². The molecule has 1 rings (SSSR count). The number of hydrogen-bond acceptors (Lipinski definition) is 1. The predicted molar refractivity (Wildman–Crippen MR) is 62.2 cm³/mol. The fourth-order valence-corrected chi connectivity index (χ4v) is 2.69. The van der Waals surface area contributed by atoms with Crippen LogP contribution in [0.4, 0.5) is 0 Å². The molecule has 1 fully saturated rings. The number of hydrogen-bond donors (Lipinski definition) is 1. The van der Waals surface area contributed by atoms with Gasteiger partial charge in [0.15, 0.2) is 0 Å². The van der Waals surface area contributed by atoms with Gasteiger partial charge >= 0.3 is 0 Å². The molecule has 2 N–H and O–H groups in total. The van der Waals surface area contributed by atoms with Crippen LogP contribution in [-0.2, 0) is 0 Å². The molecule has 2 atom stereocenters. The number of alkyl halides is 1. The smallest absolute Gasteiger partial charge is 0.0229 e. The summed E-state index contributed by atoms with van der Waals surface area (Å²) in [6.45, 7) is 4.51. The summed E-state index contributed by atoms with van der Waals surface area (Å²) >= 11 is 3.81. The highest BCUT2D eigenvalue weighted by molar-refractivity contribution is 9.10. The van der Waals surface area contributed by atoms with Gasteiger partial charge in [-0.2, -0.15) is 0 Å². The molecular formula is C11H22BrN. The van der Waals surface area contributed by atoms with E-state index in [-0.39, 0.29) is 5.54 Å². The van der Waals surface area contributed by atoms with Gasteiger partial charge < -0.3 is 5.73 Å². The second kappa shape index (κ2) is 4.31. The fraction of sp³-hybridized carbons (Fsp3) is 1.00. The normalized spacial score (nSPS) is 43.4. The van der Waals surface area contributed by atoms with E-state index >= 15 is 0 Å². The third-order valence-electron chi connectivity index (χ3n) is 3.14. The maximum Gasteiger partial charge on any atom is 0.0229 e. The summed E-state index contributed by atoms with van der Waals surface area (Å²) in [6.07, 6.45) is 8.78.